The standard InChI is InChI=1S/C56H35N3O/c1-2-15-38(16-3-1)53-57-54(39-30-28-37(29-31-39)44-22-13-17-36-14-4-5-20-43(36)44)59-55(58-53)42-19-12-18-40(34-42)41-32-33-46-45-21-6-7-23-47(45)56(50(46)35-41)48-24-8-10-26-51(48)60-52-27-11-9-25-49(52)56/h1-35H. The maximum absolute atomic E-state index is 6.58. The van der Waals surface area contributed by atoms with Crippen molar-refractivity contribution < 1.29 is 4.74 Å². The maximum Gasteiger partial charge on any atom is 0.164 e. The van der Waals surface area contributed by atoms with Crippen molar-refractivity contribution >= 4 is 10.8 Å². The Morgan fingerprint density at radius 2 is 0.783 bits per heavy atom. The fourth-order valence-electron chi connectivity index (χ4n) is 9.50. The Kier molecular flexibility index (Phi) is 7.72. The Morgan fingerprint density at radius 1 is 0.300 bits per heavy atom. The first-order valence-electron chi connectivity index (χ1n) is 20.3. The van der Waals surface area contributed by atoms with Gasteiger partial charge >= 0.3 is 0 Å². The molecule has 1 aliphatic carbocycles. The van der Waals surface area contributed by atoms with Crippen molar-refractivity contribution in [2.75, 3.05) is 0 Å². The lowest BCUT2D eigenvalue weighted by Crippen LogP contribution is -2.32. The first-order valence-corrected chi connectivity index (χ1v) is 20.3. The monoisotopic (exact) mass is 765 g/mol. The van der Waals surface area contributed by atoms with Gasteiger partial charge in [0.1, 0.15) is 11.5 Å². The molecule has 0 radical (unpaired) electrons. The van der Waals surface area contributed by atoms with Crippen LogP contribution in [0.25, 0.3) is 78.3 Å². The van der Waals surface area contributed by atoms with E-state index in [0.29, 0.717) is 17.5 Å². The van der Waals surface area contributed by atoms with E-state index in [0.717, 1.165) is 56.0 Å². The van der Waals surface area contributed by atoms with Crippen LogP contribution in [-0.2, 0) is 5.41 Å². The molecule has 0 saturated heterocycles. The number of para-hydroxylation sites is 2. The van der Waals surface area contributed by atoms with Crippen LogP contribution in [0.5, 0.6) is 11.5 Å². The van der Waals surface area contributed by atoms with E-state index in [2.05, 4.69) is 182 Å². The van der Waals surface area contributed by atoms with Gasteiger partial charge in [-0.1, -0.05) is 188 Å². The summed E-state index contributed by atoms with van der Waals surface area (Å²) in [5.74, 6) is 3.65. The lowest BCUT2D eigenvalue weighted by atomic mass is 9.66. The Labute approximate surface area is 348 Å². The van der Waals surface area contributed by atoms with Gasteiger partial charge < -0.3 is 4.74 Å². The second kappa shape index (κ2) is 13.6. The molecular weight excluding hydrogens is 731 g/mol. The third kappa shape index (κ3) is 5.28. The molecule has 10 aromatic rings. The molecule has 1 aliphatic heterocycles. The predicted octanol–water partition coefficient (Wildman–Crippen LogP) is 13.8. The Bertz CT molecular complexity index is 3250. The summed E-state index contributed by atoms with van der Waals surface area (Å²) in [5, 5.41) is 2.45. The summed E-state index contributed by atoms with van der Waals surface area (Å²) in [6.45, 7) is 0. The van der Waals surface area contributed by atoms with E-state index < -0.39 is 5.41 Å². The van der Waals surface area contributed by atoms with Crippen molar-refractivity contribution in [3.05, 3.63) is 235 Å². The number of hydrogen-bond acceptors (Lipinski definition) is 4. The van der Waals surface area contributed by atoms with E-state index in [9.17, 15) is 0 Å². The van der Waals surface area contributed by atoms with Crippen molar-refractivity contribution in [3.63, 3.8) is 0 Å². The van der Waals surface area contributed by atoms with Gasteiger partial charge in [0.15, 0.2) is 17.5 Å². The molecule has 280 valence electrons. The average molecular weight is 766 g/mol. The van der Waals surface area contributed by atoms with E-state index in [-0.39, 0.29) is 0 Å². The van der Waals surface area contributed by atoms with Crippen LogP contribution in [0, 0.1) is 0 Å². The van der Waals surface area contributed by atoms with Crippen LogP contribution in [0.2, 0.25) is 0 Å². The van der Waals surface area contributed by atoms with Crippen LogP contribution >= 0.6 is 0 Å². The van der Waals surface area contributed by atoms with E-state index in [1.165, 1.54) is 38.6 Å². The molecular formula is C56H35N3O. The molecule has 4 heteroatoms. The van der Waals surface area contributed by atoms with Crippen LogP contribution < -0.4 is 4.74 Å². The summed E-state index contributed by atoms with van der Waals surface area (Å²) in [6, 6.07) is 75.0. The fraction of sp³-hybridized carbons (Fsp3) is 0.0179. The van der Waals surface area contributed by atoms with Crippen molar-refractivity contribution in [3.8, 4) is 79.0 Å². The molecule has 12 rings (SSSR count). The van der Waals surface area contributed by atoms with Gasteiger partial charge in [0, 0.05) is 27.8 Å². The quantitative estimate of drug-likeness (QED) is 0.175. The Hall–Kier alpha value is -7.95. The predicted molar refractivity (Wildman–Crippen MR) is 242 cm³/mol. The first kappa shape index (κ1) is 34.1. The summed E-state index contributed by atoms with van der Waals surface area (Å²) in [5.41, 5.74) is 14.1. The molecule has 9 aromatic carbocycles. The number of ether oxygens (including phenoxy) is 1. The van der Waals surface area contributed by atoms with Crippen molar-refractivity contribution in [1.82, 2.24) is 15.0 Å². The molecule has 4 nitrogen and oxygen atoms in total. The molecule has 0 unspecified atom stereocenters. The minimum Gasteiger partial charge on any atom is -0.457 e. The topological polar surface area (TPSA) is 47.9 Å². The second-order valence-corrected chi connectivity index (χ2v) is 15.5. The molecule has 2 aliphatic rings. The van der Waals surface area contributed by atoms with Gasteiger partial charge in [-0.2, -0.15) is 0 Å². The number of nitrogens with zero attached hydrogens (tertiary/aromatic N) is 3. The van der Waals surface area contributed by atoms with Gasteiger partial charge in [0.05, 0.1) is 5.41 Å². The molecule has 1 aromatic heterocycles. The Balaban J connectivity index is 0.985. The lowest BCUT2D eigenvalue weighted by molar-refractivity contribution is 0.436. The third-order valence-corrected chi connectivity index (χ3v) is 12.2. The van der Waals surface area contributed by atoms with E-state index in [1.54, 1.807) is 0 Å². The summed E-state index contributed by atoms with van der Waals surface area (Å²) >= 11 is 0. The van der Waals surface area contributed by atoms with Gasteiger partial charge in [-0.25, -0.2) is 15.0 Å². The zero-order valence-corrected chi connectivity index (χ0v) is 32.5. The van der Waals surface area contributed by atoms with Crippen LogP contribution in [0.1, 0.15) is 22.3 Å². The molecule has 0 fully saturated rings. The van der Waals surface area contributed by atoms with Crippen LogP contribution in [0.15, 0.2) is 212 Å². The normalized spacial score (nSPS) is 12.9. The van der Waals surface area contributed by atoms with Crippen molar-refractivity contribution in [2.45, 2.75) is 5.41 Å². The van der Waals surface area contributed by atoms with Gasteiger partial charge in [0.2, 0.25) is 0 Å². The summed E-state index contributed by atoms with van der Waals surface area (Å²) in [7, 11) is 0. The molecule has 0 amide bonds. The summed E-state index contributed by atoms with van der Waals surface area (Å²) in [4.78, 5) is 15.3. The SMILES string of the molecule is c1ccc(-c2nc(-c3ccc(-c4cccc5ccccc45)cc3)nc(-c3cccc(-c4ccc5c(c4)C4(c6ccccc6Oc6ccccc64)c4ccccc4-5)c3)n2)cc1. The van der Waals surface area contributed by atoms with E-state index in [1.807, 2.05) is 30.3 Å². The largest absolute Gasteiger partial charge is 0.457 e. The zero-order chi connectivity index (χ0) is 39.6. The van der Waals surface area contributed by atoms with Gasteiger partial charge in [-0.3, -0.25) is 0 Å². The molecule has 0 N–H and O–H groups in total. The van der Waals surface area contributed by atoms with Crippen molar-refractivity contribution in [2.24, 2.45) is 0 Å². The molecule has 1 spiro atoms. The fourth-order valence-corrected chi connectivity index (χ4v) is 9.50. The third-order valence-electron chi connectivity index (χ3n) is 12.2. The van der Waals surface area contributed by atoms with Crippen molar-refractivity contribution in [1.29, 1.82) is 0 Å². The highest BCUT2D eigenvalue weighted by Gasteiger charge is 2.51. The zero-order valence-electron chi connectivity index (χ0n) is 32.5. The molecule has 0 atom stereocenters. The minimum absolute atomic E-state index is 0.540. The lowest BCUT2D eigenvalue weighted by Gasteiger charge is -2.39. The number of rotatable bonds is 5. The number of fused-ring (bicyclic) bond motifs is 10. The summed E-state index contributed by atoms with van der Waals surface area (Å²) in [6.07, 6.45) is 0. The smallest absolute Gasteiger partial charge is 0.164 e. The van der Waals surface area contributed by atoms with E-state index in [4.69, 9.17) is 19.7 Å². The van der Waals surface area contributed by atoms with Crippen LogP contribution in [0.3, 0.4) is 0 Å². The minimum atomic E-state index is -0.540. The summed E-state index contributed by atoms with van der Waals surface area (Å²) < 4.78 is 6.58. The number of hydrogen-bond donors (Lipinski definition) is 0. The number of aromatic nitrogens is 3. The number of benzene rings is 9. The highest BCUT2D eigenvalue weighted by atomic mass is 16.5. The maximum atomic E-state index is 6.58. The molecule has 2 heterocycles. The second-order valence-electron chi connectivity index (χ2n) is 15.5. The van der Waals surface area contributed by atoms with Gasteiger partial charge in [-0.05, 0) is 79.5 Å². The van der Waals surface area contributed by atoms with Gasteiger partial charge in [-0.15, -0.1) is 0 Å². The Morgan fingerprint density at radius 3 is 1.55 bits per heavy atom. The highest BCUT2D eigenvalue weighted by Crippen LogP contribution is 2.62. The highest BCUT2D eigenvalue weighted by molar-refractivity contribution is 5.97. The molecule has 0 saturated carbocycles. The average Bonchev–Trinajstić information content (AvgIpc) is 3.61. The molecule has 60 heavy (non-hydrogen) atoms. The van der Waals surface area contributed by atoms with Crippen LogP contribution in [0.4, 0.5) is 0 Å². The van der Waals surface area contributed by atoms with Crippen LogP contribution in [-0.4, -0.2) is 15.0 Å². The molecule has 0 bridgehead atoms. The van der Waals surface area contributed by atoms with Gasteiger partial charge in [0.25, 0.3) is 0 Å². The van der Waals surface area contributed by atoms with E-state index >= 15 is 0 Å². The first-order chi connectivity index (χ1) is 29.7.